The van der Waals surface area contributed by atoms with Gasteiger partial charge in [0.15, 0.2) is 0 Å². The second-order valence-electron chi connectivity index (χ2n) is 2.54. The summed E-state index contributed by atoms with van der Waals surface area (Å²) in [4.78, 5) is 12.3. The van der Waals surface area contributed by atoms with Crippen LogP contribution in [0.3, 0.4) is 0 Å². The van der Waals surface area contributed by atoms with Gasteiger partial charge in [-0.3, -0.25) is 0 Å². The molecule has 0 bridgehead atoms. The highest BCUT2D eigenvalue weighted by Crippen LogP contribution is 2.31. The number of carbonyl (C=O) groups is 1. The van der Waals surface area contributed by atoms with Crippen LogP contribution >= 0.6 is 0 Å². The lowest BCUT2D eigenvalue weighted by Gasteiger charge is -2.04. The summed E-state index contributed by atoms with van der Waals surface area (Å²) in [6, 6.07) is 0.950. The van der Waals surface area contributed by atoms with Gasteiger partial charge in [0, 0.05) is 5.69 Å². The molecule has 72 valence electrons. The van der Waals surface area contributed by atoms with Crippen molar-refractivity contribution in [1.82, 2.24) is 4.98 Å². The fraction of sp³-hybridized carbons (Fsp3) is 0.286. The Hall–Kier alpha value is -1.46. The molecule has 0 aliphatic rings. The van der Waals surface area contributed by atoms with Gasteiger partial charge in [0.25, 0.3) is 0 Å². The van der Waals surface area contributed by atoms with E-state index in [9.17, 15) is 18.0 Å². The van der Waals surface area contributed by atoms with Gasteiger partial charge in [0.2, 0.25) is 0 Å². The number of hydrogen-bond donors (Lipinski definition) is 2. The zero-order valence-electron chi connectivity index (χ0n) is 6.57. The molecule has 0 aromatic carbocycles. The molecule has 1 aromatic heterocycles. The fourth-order valence-electron chi connectivity index (χ4n) is 0.982. The van der Waals surface area contributed by atoms with E-state index in [4.69, 9.17) is 5.11 Å². The Morgan fingerprint density at radius 3 is 2.38 bits per heavy atom. The molecule has 0 aliphatic carbocycles. The maximum atomic E-state index is 12.1. The molecule has 0 saturated carbocycles. The highest BCUT2D eigenvalue weighted by molar-refractivity contribution is 5.89. The Kier molecular flexibility index (Phi) is 2.07. The minimum absolute atomic E-state index is 0.171. The molecule has 0 aliphatic heterocycles. The number of carboxylic acid groups (broad SMARTS) is 1. The molecule has 3 nitrogen and oxygen atoms in total. The molecule has 0 atom stereocenters. The van der Waals surface area contributed by atoms with Gasteiger partial charge in [-0.2, -0.15) is 13.2 Å². The zero-order chi connectivity index (χ0) is 10.2. The molecule has 1 rings (SSSR count). The molecule has 0 unspecified atom stereocenters. The van der Waals surface area contributed by atoms with Gasteiger partial charge in [0.05, 0.1) is 5.56 Å². The number of alkyl halides is 3. The molecular formula is C7H6F3NO2. The molecule has 0 amide bonds. The standard InChI is InChI=1S/C7H6F3NO2/c1-3-2-4(6(12)13)5(11-3)7(8,9)10/h2,11H,1H3,(H,12,13). The summed E-state index contributed by atoms with van der Waals surface area (Å²) in [7, 11) is 0. The number of nitrogens with one attached hydrogen (secondary N) is 1. The largest absolute Gasteiger partial charge is 0.478 e. The van der Waals surface area contributed by atoms with Crippen LogP contribution in [0.5, 0.6) is 0 Å². The van der Waals surface area contributed by atoms with E-state index >= 15 is 0 Å². The summed E-state index contributed by atoms with van der Waals surface area (Å²) in [5.74, 6) is -1.59. The Balaban J connectivity index is 3.28. The minimum Gasteiger partial charge on any atom is -0.478 e. The number of hydrogen-bond acceptors (Lipinski definition) is 1. The topological polar surface area (TPSA) is 53.1 Å². The molecule has 0 spiro atoms. The third-order valence-corrected chi connectivity index (χ3v) is 1.47. The van der Waals surface area contributed by atoms with Crippen molar-refractivity contribution in [2.24, 2.45) is 0 Å². The first-order valence-electron chi connectivity index (χ1n) is 3.32. The summed E-state index contributed by atoms with van der Waals surface area (Å²) in [6.07, 6.45) is -4.65. The van der Waals surface area contributed by atoms with E-state index in [2.05, 4.69) is 0 Å². The predicted octanol–water partition coefficient (Wildman–Crippen LogP) is 2.04. The number of aryl methyl sites for hydroxylation is 1. The van der Waals surface area contributed by atoms with Crippen LogP contribution in [0.15, 0.2) is 6.07 Å². The Morgan fingerprint density at radius 2 is 2.08 bits per heavy atom. The van der Waals surface area contributed by atoms with Crippen LogP contribution in [0.4, 0.5) is 13.2 Å². The van der Waals surface area contributed by atoms with Crippen molar-refractivity contribution in [3.63, 3.8) is 0 Å². The van der Waals surface area contributed by atoms with Crippen molar-refractivity contribution in [2.75, 3.05) is 0 Å². The van der Waals surface area contributed by atoms with Gasteiger partial charge in [-0.15, -0.1) is 0 Å². The molecule has 0 saturated heterocycles. The number of carboxylic acids is 1. The number of H-pyrrole nitrogens is 1. The molecule has 0 fully saturated rings. The van der Waals surface area contributed by atoms with Crippen LogP contribution in [0.2, 0.25) is 0 Å². The Morgan fingerprint density at radius 1 is 1.54 bits per heavy atom. The van der Waals surface area contributed by atoms with Crippen molar-refractivity contribution in [2.45, 2.75) is 13.1 Å². The van der Waals surface area contributed by atoms with E-state index < -0.39 is 23.4 Å². The molecule has 2 N–H and O–H groups in total. The highest BCUT2D eigenvalue weighted by atomic mass is 19.4. The van der Waals surface area contributed by atoms with Gasteiger partial charge in [-0.1, -0.05) is 0 Å². The van der Waals surface area contributed by atoms with Crippen molar-refractivity contribution >= 4 is 5.97 Å². The van der Waals surface area contributed by atoms with Crippen LogP contribution < -0.4 is 0 Å². The van der Waals surface area contributed by atoms with E-state index in [1.165, 1.54) is 6.92 Å². The minimum atomic E-state index is -4.65. The van der Waals surface area contributed by atoms with Gasteiger partial charge in [-0.25, -0.2) is 4.79 Å². The first-order valence-corrected chi connectivity index (χ1v) is 3.32. The SMILES string of the molecule is Cc1cc(C(=O)O)c(C(F)(F)F)[nH]1. The van der Waals surface area contributed by atoms with Crippen LogP contribution in [0.1, 0.15) is 21.7 Å². The average Bonchev–Trinajstić information content (AvgIpc) is 2.29. The summed E-state index contributed by atoms with van der Waals surface area (Å²) in [5, 5.41) is 8.42. The number of halogens is 3. The molecule has 0 radical (unpaired) electrons. The smallest absolute Gasteiger partial charge is 0.432 e. The average molecular weight is 193 g/mol. The van der Waals surface area contributed by atoms with Crippen LogP contribution in [-0.2, 0) is 6.18 Å². The van der Waals surface area contributed by atoms with Gasteiger partial charge < -0.3 is 10.1 Å². The first-order chi connectivity index (χ1) is 5.82. The lowest BCUT2D eigenvalue weighted by Crippen LogP contribution is -2.11. The van der Waals surface area contributed by atoms with Gasteiger partial charge in [0.1, 0.15) is 5.69 Å². The Labute approximate surface area is 71.2 Å². The van der Waals surface area contributed by atoms with E-state index in [1.54, 1.807) is 0 Å². The molecule has 1 heterocycles. The van der Waals surface area contributed by atoms with E-state index in [1.807, 2.05) is 4.98 Å². The van der Waals surface area contributed by atoms with E-state index in [0.717, 1.165) is 6.07 Å². The number of aromatic nitrogens is 1. The van der Waals surface area contributed by atoms with Gasteiger partial charge in [-0.05, 0) is 13.0 Å². The van der Waals surface area contributed by atoms with Gasteiger partial charge >= 0.3 is 12.1 Å². The lowest BCUT2D eigenvalue weighted by atomic mass is 10.2. The van der Waals surface area contributed by atoms with Crippen molar-refractivity contribution in [1.29, 1.82) is 0 Å². The van der Waals surface area contributed by atoms with Crippen LogP contribution in [0.25, 0.3) is 0 Å². The monoisotopic (exact) mass is 193 g/mol. The van der Waals surface area contributed by atoms with Crippen molar-refractivity contribution in [3.8, 4) is 0 Å². The molecular weight excluding hydrogens is 187 g/mol. The normalized spacial score (nSPS) is 11.7. The van der Waals surface area contributed by atoms with E-state index in [-0.39, 0.29) is 5.69 Å². The van der Waals surface area contributed by atoms with Crippen LogP contribution in [-0.4, -0.2) is 16.1 Å². The number of aromatic amines is 1. The highest BCUT2D eigenvalue weighted by Gasteiger charge is 2.37. The maximum absolute atomic E-state index is 12.1. The Bertz CT molecular complexity index is 340. The molecule has 13 heavy (non-hydrogen) atoms. The number of rotatable bonds is 1. The van der Waals surface area contributed by atoms with Crippen molar-refractivity contribution < 1.29 is 23.1 Å². The third kappa shape index (κ3) is 1.82. The molecule has 1 aromatic rings. The summed E-state index contributed by atoms with van der Waals surface area (Å²) in [6.45, 7) is 1.36. The zero-order valence-corrected chi connectivity index (χ0v) is 6.57. The summed E-state index contributed by atoms with van der Waals surface area (Å²) < 4.78 is 36.4. The summed E-state index contributed by atoms with van der Waals surface area (Å²) >= 11 is 0. The summed E-state index contributed by atoms with van der Waals surface area (Å²) in [5.41, 5.74) is -1.78. The number of aromatic carboxylic acids is 1. The molecule has 6 heteroatoms. The second-order valence-corrected chi connectivity index (χ2v) is 2.54. The van der Waals surface area contributed by atoms with Crippen molar-refractivity contribution in [3.05, 3.63) is 23.0 Å². The maximum Gasteiger partial charge on any atom is 0.432 e. The third-order valence-electron chi connectivity index (χ3n) is 1.47. The van der Waals surface area contributed by atoms with Crippen LogP contribution in [0, 0.1) is 6.92 Å². The quantitative estimate of drug-likeness (QED) is 0.716. The first kappa shape index (κ1) is 9.63. The second kappa shape index (κ2) is 2.79. The predicted molar refractivity (Wildman–Crippen MR) is 37.5 cm³/mol. The lowest BCUT2D eigenvalue weighted by molar-refractivity contribution is -0.141. The fourth-order valence-corrected chi connectivity index (χ4v) is 0.982. The van der Waals surface area contributed by atoms with E-state index in [0.29, 0.717) is 0 Å².